The van der Waals surface area contributed by atoms with Gasteiger partial charge >= 0.3 is 17.9 Å². The first-order chi connectivity index (χ1) is 16.7. The molecule has 13 heteroatoms. The molecule has 0 saturated carbocycles. The summed E-state index contributed by atoms with van der Waals surface area (Å²) in [6.07, 6.45) is -1.18. The Hall–Kier alpha value is -3.77. The van der Waals surface area contributed by atoms with Gasteiger partial charge in [-0.2, -0.15) is 0 Å². The number of esters is 3. The third-order valence-electron chi connectivity index (χ3n) is 5.08. The summed E-state index contributed by atoms with van der Waals surface area (Å²) in [5.74, 6) is -1.35. The van der Waals surface area contributed by atoms with Crippen molar-refractivity contribution in [2.75, 3.05) is 11.9 Å². The summed E-state index contributed by atoms with van der Waals surface area (Å²) in [5.41, 5.74) is 1.52. The van der Waals surface area contributed by atoms with Crippen molar-refractivity contribution in [3.8, 4) is 0 Å². The van der Waals surface area contributed by atoms with Crippen LogP contribution in [0.5, 0.6) is 0 Å². The van der Waals surface area contributed by atoms with Crippen molar-refractivity contribution in [3.63, 3.8) is 0 Å². The zero-order valence-electron chi connectivity index (χ0n) is 19.0. The van der Waals surface area contributed by atoms with E-state index in [-0.39, 0.29) is 6.61 Å². The van der Waals surface area contributed by atoms with E-state index in [0.29, 0.717) is 22.0 Å². The molecule has 1 N–H and O–H groups in total. The minimum Gasteiger partial charge on any atom is -0.463 e. The van der Waals surface area contributed by atoms with Gasteiger partial charge in [0.2, 0.25) is 0 Å². The van der Waals surface area contributed by atoms with Gasteiger partial charge in [-0.15, -0.1) is 0 Å². The van der Waals surface area contributed by atoms with Gasteiger partial charge in [0, 0.05) is 31.5 Å². The van der Waals surface area contributed by atoms with E-state index in [1.807, 2.05) is 0 Å². The highest BCUT2D eigenvalue weighted by atomic mass is 35.5. The Morgan fingerprint density at radius 1 is 1.00 bits per heavy atom. The molecule has 184 valence electrons. The molecule has 1 aliphatic rings. The fraction of sp³-hybridized carbons (Fsp3) is 0.364. The molecule has 4 rings (SSSR count). The van der Waals surface area contributed by atoms with Crippen LogP contribution in [0.15, 0.2) is 36.9 Å². The topological polar surface area (TPSA) is 144 Å². The highest BCUT2D eigenvalue weighted by molar-refractivity contribution is 6.30. The predicted molar refractivity (Wildman–Crippen MR) is 122 cm³/mol. The zero-order chi connectivity index (χ0) is 25.1. The molecule has 0 spiro atoms. The molecule has 4 atom stereocenters. The minimum atomic E-state index is -1.06. The first-order valence-corrected chi connectivity index (χ1v) is 10.9. The monoisotopic (exact) mass is 503 g/mol. The van der Waals surface area contributed by atoms with Crippen LogP contribution in [-0.4, -0.2) is 62.3 Å². The molecule has 0 radical (unpaired) electrons. The number of ether oxygens (including phenoxy) is 4. The van der Waals surface area contributed by atoms with Gasteiger partial charge in [0.05, 0.1) is 6.33 Å². The normalized spacial score (nSPS) is 21.5. The number of nitrogens with one attached hydrogen (secondary N) is 1. The fourth-order valence-corrected chi connectivity index (χ4v) is 3.84. The fourth-order valence-electron chi connectivity index (χ4n) is 3.72. The molecule has 1 aliphatic heterocycles. The maximum absolute atomic E-state index is 11.9. The third kappa shape index (κ3) is 5.49. The summed E-state index contributed by atoms with van der Waals surface area (Å²) >= 11 is 5.95. The number of hydrogen-bond acceptors (Lipinski definition) is 11. The second-order valence-electron chi connectivity index (χ2n) is 7.69. The maximum atomic E-state index is 11.9. The van der Waals surface area contributed by atoms with Crippen LogP contribution in [0.4, 0.5) is 11.5 Å². The second-order valence-corrected chi connectivity index (χ2v) is 8.13. The quantitative estimate of drug-likeness (QED) is 0.375. The van der Waals surface area contributed by atoms with Gasteiger partial charge < -0.3 is 24.3 Å². The Morgan fingerprint density at radius 3 is 2.34 bits per heavy atom. The average molecular weight is 504 g/mol. The number of imidazole rings is 1. The van der Waals surface area contributed by atoms with Crippen molar-refractivity contribution in [2.45, 2.75) is 45.3 Å². The Morgan fingerprint density at radius 2 is 1.69 bits per heavy atom. The van der Waals surface area contributed by atoms with Gasteiger partial charge in [-0.05, 0) is 24.3 Å². The molecule has 1 saturated heterocycles. The summed E-state index contributed by atoms with van der Waals surface area (Å²) in [5, 5.41) is 3.75. The lowest BCUT2D eigenvalue weighted by molar-refractivity contribution is -0.166. The van der Waals surface area contributed by atoms with E-state index in [0.717, 1.165) is 5.69 Å². The molecule has 2 aromatic heterocycles. The Balaban J connectivity index is 1.70. The standard InChI is InChI=1S/C22H22ClN5O7/c1-11(29)32-8-16-18(33-12(2)30)19(34-13(3)31)22(35-16)28-10-26-17-20(24-9-25-21(17)28)27-15-6-4-14(23)5-7-15/h4-7,9-10,16,18-19,22H,8H2,1-3H3,(H,24,25,27)/t16-,18-,19-,22-/m1/s1. The van der Waals surface area contributed by atoms with Gasteiger partial charge in [0.15, 0.2) is 35.4 Å². The number of fused-ring (bicyclic) bond motifs is 1. The SMILES string of the molecule is CC(=O)OC[C@H]1O[C@@H](n2cnc3c(Nc4ccc(Cl)cc4)ncnc32)[C@H](OC(C)=O)[C@@H]1OC(C)=O. The molecule has 0 unspecified atom stereocenters. The summed E-state index contributed by atoms with van der Waals surface area (Å²) < 4.78 is 23.6. The molecule has 0 amide bonds. The summed E-state index contributed by atoms with van der Waals surface area (Å²) in [4.78, 5) is 48.0. The molecule has 3 aromatic rings. The molecular weight excluding hydrogens is 482 g/mol. The van der Waals surface area contributed by atoms with Crippen molar-refractivity contribution in [2.24, 2.45) is 0 Å². The number of anilines is 2. The second kappa shape index (κ2) is 10.2. The Kier molecular flexibility index (Phi) is 7.12. The first kappa shape index (κ1) is 24.4. The van der Waals surface area contributed by atoms with Gasteiger partial charge in [-0.3, -0.25) is 19.0 Å². The molecule has 1 aromatic carbocycles. The smallest absolute Gasteiger partial charge is 0.303 e. The molecule has 3 heterocycles. The lowest BCUT2D eigenvalue weighted by atomic mass is 10.1. The maximum Gasteiger partial charge on any atom is 0.303 e. The molecule has 0 bridgehead atoms. The predicted octanol–water partition coefficient (Wildman–Crippen LogP) is 2.55. The van der Waals surface area contributed by atoms with E-state index in [4.69, 9.17) is 30.5 Å². The minimum absolute atomic E-state index is 0.216. The Bertz CT molecular complexity index is 1250. The number of hydrogen-bond donors (Lipinski definition) is 1. The van der Waals surface area contributed by atoms with Crippen molar-refractivity contribution >= 4 is 52.2 Å². The number of carbonyl (C=O) groups excluding carboxylic acids is 3. The van der Waals surface area contributed by atoms with E-state index >= 15 is 0 Å². The lowest BCUT2D eigenvalue weighted by Crippen LogP contribution is -2.40. The summed E-state index contributed by atoms with van der Waals surface area (Å²) in [6, 6.07) is 7.03. The third-order valence-corrected chi connectivity index (χ3v) is 5.33. The highest BCUT2D eigenvalue weighted by Gasteiger charge is 2.51. The van der Waals surface area contributed by atoms with Gasteiger partial charge in [0.1, 0.15) is 19.0 Å². The summed E-state index contributed by atoms with van der Waals surface area (Å²) in [6.45, 7) is 3.47. The van der Waals surface area contributed by atoms with E-state index in [1.165, 1.54) is 33.4 Å². The number of rotatable bonds is 7. The van der Waals surface area contributed by atoms with Crippen molar-refractivity contribution in [3.05, 3.63) is 41.9 Å². The van der Waals surface area contributed by atoms with Crippen LogP contribution in [0.25, 0.3) is 11.2 Å². The lowest BCUT2D eigenvalue weighted by Gasteiger charge is -2.23. The first-order valence-electron chi connectivity index (χ1n) is 10.6. The molecule has 0 aliphatic carbocycles. The number of carbonyl (C=O) groups is 3. The van der Waals surface area contributed by atoms with Gasteiger partial charge in [-0.1, -0.05) is 11.6 Å². The van der Waals surface area contributed by atoms with Crippen molar-refractivity contribution in [1.29, 1.82) is 0 Å². The highest BCUT2D eigenvalue weighted by Crippen LogP contribution is 2.36. The van der Waals surface area contributed by atoms with Crippen LogP contribution < -0.4 is 5.32 Å². The van der Waals surface area contributed by atoms with Crippen LogP contribution in [0, 0.1) is 0 Å². The van der Waals surface area contributed by atoms with E-state index in [1.54, 1.807) is 28.8 Å². The van der Waals surface area contributed by atoms with E-state index in [2.05, 4.69) is 20.3 Å². The molecule has 12 nitrogen and oxygen atoms in total. The number of benzene rings is 1. The summed E-state index contributed by atoms with van der Waals surface area (Å²) in [7, 11) is 0. The van der Waals surface area contributed by atoms with Crippen LogP contribution in [-0.2, 0) is 33.3 Å². The van der Waals surface area contributed by atoms with E-state index < -0.39 is 42.4 Å². The number of nitrogens with zero attached hydrogens (tertiary/aromatic N) is 4. The van der Waals surface area contributed by atoms with E-state index in [9.17, 15) is 14.4 Å². The van der Waals surface area contributed by atoms with Crippen molar-refractivity contribution in [1.82, 2.24) is 19.5 Å². The van der Waals surface area contributed by atoms with Crippen LogP contribution >= 0.6 is 11.6 Å². The van der Waals surface area contributed by atoms with Crippen molar-refractivity contribution < 1.29 is 33.3 Å². The molecular formula is C22H22ClN5O7. The van der Waals surface area contributed by atoms with Gasteiger partial charge in [-0.25, -0.2) is 15.0 Å². The Labute approximate surface area is 204 Å². The number of aromatic nitrogens is 4. The van der Waals surface area contributed by atoms with Crippen LogP contribution in [0.2, 0.25) is 5.02 Å². The van der Waals surface area contributed by atoms with Gasteiger partial charge in [0.25, 0.3) is 0 Å². The average Bonchev–Trinajstić information content (AvgIpc) is 3.36. The molecule has 35 heavy (non-hydrogen) atoms. The largest absolute Gasteiger partial charge is 0.463 e. The van der Waals surface area contributed by atoms with Crippen LogP contribution in [0.1, 0.15) is 27.0 Å². The zero-order valence-corrected chi connectivity index (χ0v) is 19.8. The number of halogens is 1. The van der Waals surface area contributed by atoms with Crippen LogP contribution in [0.3, 0.4) is 0 Å². The molecule has 1 fully saturated rings.